The topological polar surface area (TPSA) is 83.9 Å². The maximum atomic E-state index is 12.8. The van der Waals surface area contributed by atoms with Crippen LogP contribution in [0.25, 0.3) is 0 Å². The highest BCUT2D eigenvalue weighted by atomic mass is 16.6. The van der Waals surface area contributed by atoms with E-state index in [1.165, 1.54) is 6.33 Å². The predicted octanol–water partition coefficient (Wildman–Crippen LogP) is 1.26. The number of quaternary nitrogens is 1. The van der Waals surface area contributed by atoms with Gasteiger partial charge in [0.1, 0.15) is 12.1 Å². The fraction of sp³-hybridized carbons (Fsp3) is 0.636. The van der Waals surface area contributed by atoms with Gasteiger partial charge in [-0.1, -0.05) is 6.08 Å². The van der Waals surface area contributed by atoms with Gasteiger partial charge in [-0.15, -0.1) is 4.98 Å². The molecule has 1 aromatic rings. The third-order valence-corrected chi connectivity index (χ3v) is 6.16. The molecule has 2 aliphatic heterocycles. The number of piperazine rings is 1. The van der Waals surface area contributed by atoms with Crippen molar-refractivity contribution in [3.63, 3.8) is 0 Å². The van der Waals surface area contributed by atoms with Crippen molar-refractivity contribution in [1.82, 2.24) is 29.2 Å². The van der Waals surface area contributed by atoms with Crippen LogP contribution in [0.2, 0.25) is 0 Å². The molecule has 1 aromatic heterocycles. The SMILES string of the molecule is C[N+](C)(C(=O)OC1=CCCC=C1)c1ncnc(N2CCN(CCN3CCOCC3)CC2)n1. The number of morpholine rings is 1. The molecule has 0 bridgehead atoms. The van der Waals surface area contributed by atoms with Crippen LogP contribution in [0.4, 0.5) is 16.7 Å². The Morgan fingerprint density at radius 1 is 1.03 bits per heavy atom. The van der Waals surface area contributed by atoms with Gasteiger partial charge in [0.05, 0.1) is 27.3 Å². The van der Waals surface area contributed by atoms with Gasteiger partial charge in [-0.05, 0) is 25.0 Å². The van der Waals surface area contributed by atoms with Crippen molar-refractivity contribution in [3.05, 3.63) is 30.3 Å². The normalized spacial score (nSPS) is 20.8. The Kier molecular flexibility index (Phi) is 7.46. The highest BCUT2D eigenvalue weighted by molar-refractivity contribution is 5.80. The largest absolute Gasteiger partial charge is 0.528 e. The summed E-state index contributed by atoms with van der Waals surface area (Å²) in [6.07, 6.45) is 8.67. The van der Waals surface area contributed by atoms with Gasteiger partial charge in [-0.2, -0.15) is 14.3 Å². The summed E-state index contributed by atoms with van der Waals surface area (Å²) in [7, 11) is 3.47. The van der Waals surface area contributed by atoms with Crippen molar-refractivity contribution in [3.8, 4) is 0 Å². The second-order valence-corrected chi connectivity index (χ2v) is 8.78. The minimum atomic E-state index is -0.423. The molecule has 0 saturated carbocycles. The number of carbonyl (C=O) groups is 1. The fourth-order valence-electron chi connectivity index (χ4n) is 3.94. The van der Waals surface area contributed by atoms with E-state index in [0.29, 0.717) is 17.7 Å². The molecular formula is C22H34N7O3+. The van der Waals surface area contributed by atoms with Crippen LogP contribution in [0.5, 0.6) is 0 Å². The van der Waals surface area contributed by atoms with Gasteiger partial charge in [0, 0.05) is 52.4 Å². The average molecular weight is 445 g/mol. The van der Waals surface area contributed by atoms with Crippen molar-refractivity contribution >= 4 is 18.0 Å². The van der Waals surface area contributed by atoms with Gasteiger partial charge in [-0.3, -0.25) is 9.80 Å². The molecule has 0 atom stereocenters. The Labute approximate surface area is 189 Å². The van der Waals surface area contributed by atoms with E-state index in [-0.39, 0.29) is 4.48 Å². The van der Waals surface area contributed by atoms with Crippen molar-refractivity contribution in [1.29, 1.82) is 0 Å². The Bertz CT molecular complexity index is 844. The number of rotatable bonds is 6. The van der Waals surface area contributed by atoms with Crippen LogP contribution in [0, 0.1) is 0 Å². The number of allylic oxidation sites excluding steroid dienone is 3. The lowest BCUT2D eigenvalue weighted by molar-refractivity contribution is 0.0331. The van der Waals surface area contributed by atoms with Crippen molar-refractivity contribution in [2.75, 3.05) is 84.6 Å². The number of nitrogens with zero attached hydrogens (tertiary/aromatic N) is 7. The summed E-state index contributed by atoms with van der Waals surface area (Å²) < 4.78 is 10.8. The lowest BCUT2D eigenvalue weighted by atomic mass is 10.2. The van der Waals surface area contributed by atoms with Crippen molar-refractivity contribution in [2.45, 2.75) is 12.8 Å². The molecule has 10 heteroatoms. The van der Waals surface area contributed by atoms with Crippen LogP contribution in [-0.4, -0.2) is 111 Å². The first-order valence-corrected chi connectivity index (χ1v) is 11.4. The lowest BCUT2D eigenvalue weighted by Gasteiger charge is -2.36. The average Bonchev–Trinajstić information content (AvgIpc) is 2.84. The molecule has 10 nitrogen and oxygen atoms in total. The van der Waals surface area contributed by atoms with E-state index in [1.54, 1.807) is 14.1 Å². The summed E-state index contributed by atoms with van der Waals surface area (Å²) in [6, 6.07) is 0. The highest BCUT2D eigenvalue weighted by Gasteiger charge is 2.36. The van der Waals surface area contributed by atoms with E-state index in [0.717, 1.165) is 78.4 Å². The molecule has 0 aromatic carbocycles. The first-order chi connectivity index (χ1) is 15.5. The summed E-state index contributed by atoms with van der Waals surface area (Å²) in [5.74, 6) is 1.56. The first-order valence-electron chi connectivity index (χ1n) is 11.4. The smallest absolute Gasteiger partial charge is 0.381 e. The van der Waals surface area contributed by atoms with Crippen LogP contribution >= 0.6 is 0 Å². The van der Waals surface area contributed by atoms with E-state index in [2.05, 4.69) is 29.7 Å². The van der Waals surface area contributed by atoms with E-state index >= 15 is 0 Å². The molecule has 0 spiro atoms. The molecule has 1 aliphatic carbocycles. The van der Waals surface area contributed by atoms with E-state index < -0.39 is 6.09 Å². The van der Waals surface area contributed by atoms with E-state index in [4.69, 9.17) is 9.47 Å². The number of anilines is 1. The molecule has 0 radical (unpaired) electrons. The lowest BCUT2D eigenvalue weighted by Crippen LogP contribution is -2.50. The Morgan fingerprint density at radius 3 is 2.44 bits per heavy atom. The Balaban J connectivity index is 1.32. The third kappa shape index (κ3) is 5.69. The molecule has 4 rings (SSSR count). The quantitative estimate of drug-likeness (QED) is 0.602. The van der Waals surface area contributed by atoms with E-state index in [9.17, 15) is 4.79 Å². The number of hydrogen-bond acceptors (Lipinski definition) is 9. The molecular weight excluding hydrogens is 410 g/mol. The van der Waals surface area contributed by atoms with Crippen LogP contribution < -0.4 is 9.38 Å². The Morgan fingerprint density at radius 2 is 1.75 bits per heavy atom. The van der Waals surface area contributed by atoms with Gasteiger partial charge in [0.15, 0.2) is 0 Å². The zero-order valence-electron chi connectivity index (χ0n) is 19.1. The number of ether oxygens (including phenoxy) is 2. The third-order valence-electron chi connectivity index (χ3n) is 6.16. The zero-order chi connectivity index (χ0) is 22.4. The maximum Gasteiger partial charge on any atom is 0.528 e. The summed E-state index contributed by atoms with van der Waals surface area (Å²) in [5.41, 5.74) is 0. The number of amides is 1. The van der Waals surface area contributed by atoms with Crippen molar-refractivity contribution < 1.29 is 14.3 Å². The van der Waals surface area contributed by atoms with Gasteiger partial charge in [0.2, 0.25) is 5.95 Å². The second kappa shape index (κ2) is 10.5. The standard InChI is InChI=1S/C22H34N7O3/c1-29(2,22(30)32-19-6-4-3-5-7-19)21-24-18-23-20(25-21)28-12-10-26(11-13-28)8-9-27-14-16-31-17-15-27/h4,6-7,18H,3,5,8-17H2,1-2H3/q+1. The minimum Gasteiger partial charge on any atom is -0.381 e. The summed E-state index contributed by atoms with van der Waals surface area (Å²) in [6.45, 7) is 9.51. The van der Waals surface area contributed by atoms with Gasteiger partial charge < -0.3 is 14.4 Å². The molecule has 2 saturated heterocycles. The maximum absolute atomic E-state index is 12.8. The number of hydrogen-bond donors (Lipinski definition) is 0. The molecule has 3 heterocycles. The molecule has 2 fully saturated rings. The monoisotopic (exact) mass is 444 g/mol. The fourth-order valence-corrected chi connectivity index (χ4v) is 3.94. The van der Waals surface area contributed by atoms with Crippen LogP contribution in [0.3, 0.4) is 0 Å². The van der Waals surface area contributed by atoms with E-state index in [1.807, 2.05) is 18.2 Å². The molecule has 32 heavy (non-hydrogen) atoms. The predicted molar refractivity (Wildman–Crippen MR) is 122 cm³/mol. The molecule has 0 N–H and O–H groups in total. The summed E-state index contributed by atoms with van der Waals surface area (Å²) in [5, 5.41) is 0. The molecule has 0 unspecified atom stereocenters. The van der Waals surface area contributed by atoms with Gasteiger partial charge in [-0.25, -0.2) is 4.98 Å². The van der Waals surface area contributed by atoms with Crippen LogP contribution in [0.1, 0.15) is 12.8 Å². The summed E-state index contributed by atoms with van der Waals surface area (Å²) in [4.78, 5) is 33.2. The molecule has 3 aliphatic rings. The van der Waals surface area contributed by atoms with Crippen LogP contribution in [0.15, 0.2) is 30.3 Å². The van der Waals surface area contributed by atoms with Crippen LogP contribution in [-0.2, 0) is 9.47 Å². The van der Waals surface area contributed by atoms with Gasteiger partial charge in [0.25, 0.3) is 0 Å². The summed E-state index contributed by atoms with van der Waals surface area (Å²) >= 11 is 0. The Hall–Kier alpha value is -2.40. The molecule has 1 amide bonds. The van der Waals surface area contributed by atoms with Gasteiger partial charge >= 0.3 is 12.0 Å². The van der Waals surface area contributed by atoms with Crippen molar-refractivity contribution in [2.24, 2.45) is 0 Å². The zero-order valence-corrected chi connectivity index (χ0v) is 19.1. The first kappa shape index (κ1) is 22.8. The number of aromatic nitrogens is 3. The number of carbonyl (C=O) groups excluding carboxylic acids is 1. The minimum absolute atomic E-state index is 0.208. The second-order valence-electron chi connectivity index (χ2n) is 8.78. The highest BCUT2D eigenvalue weighted by Crippen LogP contribution is 2.21. The molecule has 174 valence electrons.